The van der Waals surface area contributed by atoms with Crippen LogP contribution in [-0.4, -0.2) is 21.8 Å². The lowest BCUT2D eigenvalue weighted by Gasteiger charge is -2.23. The van der Waals surface area contributed by atoms with Gasteiger partial charge in [0.05, 0.1) is 21.8 Å². The zero-order chi connectivity index (χ0) is 23.3. The molecule has 7 heteroatoms. The molecule has 0 radical (unpaired) electrons. The third kappa shape index (κ3) is 3.85. The quantitative estimate of drug-likeness (QED) is 0.140. The van der Waals surface area contributed by atoms with Crippen molar-refractivity contribution in [2.75, 3.05) is 4.90 Å². The minimum atomic E-state index is -0.773. The molecule has 0 aliphatic carbocycles. The van der Waals surface area contributed by atoms with Crippen LogP contribution in [0, 0.1) is 17.4 Å². The summed E-state index contributed by atoms with van der Waals surface area (Å²) in [6.45, 7) is 3.95. The Morgan fingerprint density at radius 2 is 1.64 bits per heavy atom. The zero-order valence-corrected chi connectivity index (χ0v) is 20.8. The number of amides is 1. The highest BCUT2D eigenvalue weighted by molar-refractivity contribution is 14.1. The predicted octanol–water partition coefficient (Wildman–Crippen LogP) is 6.14. The van der Waals surface area contributed by atoms with Gasteiger partial charge in [0.25, 0.3) is 5.78 Å². The van der Waals surface area contributed by atoms with E-state index in [1.54, 1.807) is 12.1 Å². The molecule has 5 rings (SSSR count). The van der Waals surface area contributed by atoms with Gasteiger partial charge in [0, 0.05) is 9.13 Å². The average Bonchev–Trinajstić information content (AvgIpc) is 3.32. The number of carbonyl (C=O) groups is 2. The highest BCUT2D eigenvalue weighted by Gasteiger charge is 2.48. The molecule has 3 aromatic carbocycles. The lowest BCUT2D eigenvalue weighted by Crippen LogP contribution is -2.29. The van der Waals surface area contributed by atoms with E-state index in [2.05, 4.69) is 27.6 Å². The molecule has 164 valence electrons. The first-order valence-corrected chi connectivity index (χ1v) is 12.2. The third-order valence-electron chi connectivity index (χ3n) is 5.69. The van der Waals surface area contributed by atoms with Gasteiger partial charge in [-0.25, -0.2) is 4.98 Å². The highest BCUT2D eigenvalue weighted by atomic mass is 127. The number of aromatic nitrogens is 1. The Morgan fingerprint density at radius 1 is 0.970 bits per heavy atom. The predicted molar refractivity (Wildman–Crippen MR) is 139 cm³/mol. The number of fused-ring (bicyclic) bond motifs is 1. The fourth-order valence-corrected chi connectivity index (χ4v) is 5.43. The van der Waals surface area contributed by atoms with Crippen LogP contribution in [0.3, 0.4) is 0 Å². The number of carbonyl (C=O) groups excluding carboxylic acids is 2. The Kier molecular flexibility index (Phi) is 5.54. The van der Waals surface area contributed by atoms with Crippen LogP contribution in [0.4, 0.5) is 5.13 Å². The number of rotatable bonds is 3. The monoisotopic (exact) mass is 566 g/mol. The molecule has 1 aliphatic heterocycles. The summed E-state index contributed by atoms with van der Waals surface area (Å²) in [6, 6.07) is 19.9. The molecular formula is C26H19IN2O3S. The minimum Gasteiger partial charge on any atom is -0.507 e. The second-order valence-electron chi connectivity index (χ2n) is 8.05. The van der Waals surface area contributed by atoms with E-state index in [1.165, 1.54) is 16.2 Å². The third-order valence-corrected chi connectivity index (χ3v) is 7.43. The van der Waals surface area contributed by atoms with E-state index in [0.29, 0.717) is 10.7 Å². The number of aryl methyl sites for hydroxylation is 2. The molecule has 5 nitrogen and oxygen atoms in total. The van der Waals surface area contributed by atoms with Crippen LogP contribution in [0.15, 0.2) is 72.3 Å². The summed E-state index contributed by atoms with van der Waals surface area (Å²) >= 11 is 3.57. The number of benzene rings is 3. The number of anilines is 1. The number of aliphatic hydroxyl groups excluding tert-OH is 1. The fraction of sp³-hybridized carbons (Fsp3) is 0.115. The second kappa shape index (κ2) is 8.39. The highest BCUT2D eigenvalue weighted by Crippen LogP contribution is 2.44. The summed E-state index contributed by atoms with van der Waals surface area (Å²) in [7, 11) is 0. The van der Waals surface area contributed by atoms with Gasteiger partial charge in [-0.2, -0.15) is 0 Å². The minimum absolute atomic E-state index is 0.0699. The van der Waals surface area contributed by atoms with Crippen LogP contribution < -0.4 is 4.90 Å². The van der Waals surface area contributed by atoms with Crippen molar-refractivity contribution >= 4 is 66.7 Å². The van der Waals surface area contributed by atoms with Crippen LogP contribution >= 0.6 is 33.9 Å². The molecule has 0 spiro atoms. The number of ketones is 1. The van der Waals surface area contributed by atoms with Crippen LogP contribution in [-0.2, 0) is 9.59 Å². The smallest absolute Gasteiger partial charge is 0.301 e. The molecule has 1 aromatic heterocycles. The zero-order valence-electron chi connectivity index (χ0n) is 17.9. The number of hydrogen-bond acceptors (Lipinski definition) is 5. The molecule has 1 atom stereocenters. The molecule has 33 heavy (non-hydrogen) atoms. The summed E-state index contributed by atoms with van der Waals surface area (Å²) in [4.78, 5) is 32.6. The summed E-state index contributed by atoms with van der Waals surface area (Å²) < 4.78 is 1.97. The molecule has 1 aliphatic rings. The normalized spacial score (nSPS) is 17.8. The maximum Gasteiger partial charge on any atom is 0.301 e. The Balaban J connectivity index is 1.73. The van der Waals surface area contributed by atoms with Crippen molar-refractivity contribution < 1.29 is 14.7 Å². The Bertz CT molecular complexity index is 1440. The lowest BCUT2D eigenvalue weighted by atomic mass is 9.95. The largest absolute Gasteiger partial charge is 0.507 e. The van der Waals surface area contributed by atoms with Gasteiger partial charge < -0.3 is 5.11 Å². The van der Waals surface area contributed by atoms with Crippen LogP contribution in [0.25, 0.3) is 16.0 Å². The molecular weight excluding hydrogens is 547 g/mol. The molecule has 2 heterocycles. The fourth-order valence-electron chi connectivity index (χ4n) is 3.98. The van der Waals surface area contributed by atoms with Gasteiger partial charge in [0.15, 0.2) is 5.13 Å². The van der Waals surface area contributed by atoms with Crippen LogP contribution in [0.1, 0.15) is 28.3 Å². The first kappa shape index (κ1) is 21.8. The van der Waals surface area contributed by atoms with E-state index in [0.717, 1.165) is 30.5 Å². The number of halogens is 1. The van der Waals surface area contributed by atoms with Crippen molar-refractivity contribution in [2.45, 2.75) is 19.9 Å². The van der Waals surface area contributed by atoms with Gasteiger partial charge in [0.1, 0.15) is 5.76 Å². The molecule has 4 aromatic rings. The summed E-state index contributed by atoms with van der Waals surface area (Å²) in [6.07, 6.45) is 0. The molecule has 1 unspecified atom stereocenters. The average molecular weight is 566 g/mol. The van der Waals surface area contributed by atoms with Crippen molar-refractivity contribution in [1.82, 2.24) is 4.98 Å². The van der Waals surface area contributed by atoms with Gasteiger partial charge in [-0.05, 0) is 71.8 Å². The Hall–Kier alpha value is -3.04. The number of Topliss-reactive ketones (excluding diaryl/α,β-unsaturated/α-hetero) is 1. The summed E-state index contributed by atoms with van der Waals surface area (Å²) in [5.41, 5.74) is 4.19. The van der Waals surface area contributed by atoms with Gasteiger partial charge in [-0.15, -0.1) is 0 Å². The van der Waals surface area contributed by atoms with Gasteiger partial charge in [-0.1, -0.05) is 59.4 Å². The number of aliphatic hydroxyl groups is 1. The molecule has 1 fully saturated rings. The maximum atomic E-state index is 13.3. The van der Waals surface area contributed by atoms with E-state index < -0.39 is 17.7 Å². The summed E-state index contributed by atoms with van der Waals surface area (Å²) in [5, 5.41) is 11.6. The van der Waals surface area contributed by atoms with Gasteiger partial charge in [0.2, 0.25) is 0 Å². The molecule has 0 bridgehead atoms. The summed E-state index contributed by atoms with van der Waals surface area (Å²) in [5.74, 6) is -1.59. The van der Waals surface area contributed by atoms with E-state index in [9.17, 15) is 14.7 Å². The number of thiazole rings is 1. The van der Waals surface area contributed by atoms with E-state index >= 15 is 0 Å². The Morgan fingerprint density at radius 3 is 2.33 bits per heavy atom. The first-order valence-electron chi connectivity index (χ1n) is 10.3. The molecule has 1 amide bonds. The van der Waals surface area contributed by atoms with E-state index in [4.69, 9.17) is 0 Å². The molecule has 1 N–H and O–H groups in total. The number of nitrogens with zero attached hydrogens (tertiary/aromatic N) is 2. The van der Waals surface area contributed by atoms with Gasteiger partial charge >= 0.3 is 5.91 Å². The van der Waals surface area contributed by atoms with Crippen LogP contribution in [0.5, 0.6) is 0 Å². The Labute approximate surface area is 208 Å². The van der Waals surface area contributed by atoms with Gasteiger partial charge in [-0.3, -0.25) is 14.5 Å². The topological polar surface area (TPSA) is 70.5 Å². The standard InChI is InChI=1S/C26H19IN2O3S/c1-14-3-6-17(7-4-14)23(30)21-22(16-8-10-18(27)11-9-16)29(25(32)24(21)31)26-28-19-12-5-15(2)13-20(19)33-26/h3-13,22,30H,1-2H3. The van der Waals surface area contributed by atoms with Crippen molar-refractivity contribution in [2.24, 2.45) is 0 Å². The second-order valence-corrected chi connectivity index (χ2v) is 10.3. The maximum absolute atomic E-state index is 13.3. The molecule has 1 saturated heterocycles. The van der Waals surface area contributed by atoms with Crippen LogP contribution in [0.2, 0.25) is 0 Å². The van der Waals surface area contributed by atoms with E-state index in [1.807, 2.05) is 68.4 Å². The van der Waals surface area contributed by atoms with Crippen molar-refractivity contribution in [3.8, 4) is 0 Å². The van der Waals surface area contributed by atoms with Crippen molar-refractivity contribution in [3.63, 3.8) is 0 Å². The van der Waals surface area contributed by atoms with E-state index in [-0.39, 0.29) is 11.3 Å². The SMILES string of the molecule is Cc1ccc(C(O)=C2C(=O)C(=O)N(c3nc4ccc(C)cc4s3)C2c2ccc(I)cc2)cc1. The lowest BCUT2D eigenvalue weighted by molar-refractivity contribution is -0.132. The number of hydrogen-bond donors (Lipinski definition) is 1. The van der Waals surface area contributed by atoms with Crippen molar-refractivity contribution in [1.29, 1.82) is 0 Å². The van der Waals surface area contributed by atoms with Crippen molar-refractivity contribution in [3.05, 3.63) is 98.1 Å². The molecule has 0 saturated carbocycles. The first-order chi connectivity index (χ1) is 15.8.